The van der Waals surface area contributed by atoms with E-state index in [1.54, 1.807) is 27.1 Å². The van der Waals surface area contributed by atoms with Crippen LogP contribution in [0.2, 0.25) is 0 Å². The summed E-state index contributed by atoms with van der Waals surface area (Å²) < 4.78 is 1.70. The first-order valence-electron chi connectivity index (χ1n) is 6.70. The number of amides is 1. The van der Waals surface area contributed by atoms with Crippen LogP contribution < -0.4 is 5.73 Å². The zero-order chi connectivity index (χ0) is 13.9. The van der Waals surface area contributed by atoms with Crippen LogP contribution in [0.25, 0.3) is 0 Å². The number of carbonyl (C=O) groups is 1. The molecule has 1 atom stereocenters. The van der Waals surface area contributed by atoms with Gasteiger partial charge in [0.1, 0.15) is 0 Å². The first-order chi connectivity index (χ1) is 9.72. The number of halogens is 1. The molecule has 6 nitrogen and oxygen atoms in total. The van der Waals surface area contributed by atoms with Crippen LogP contribution in [0.1, 0.15) is 28.2 Å². The van der Waals surface area contributed by atoms with E-state index < -0.39 is 0 Å². The molecule has 1 aliphatic heterocycles. The van der Waals surface area contributed by atoms with Gasteiger partial charge in [-0.1, -0.05) is 11.3 Å². The first-order valence-corrected chi connectivity index (χ1v) is 7.58. The number of nitrogens with two attached hydrogens (primary N) is 1. The van der Waals surface area contributed by atoms with Crippen molar-refractivity contribution in [3.63, 3.8) is 0 Å². The third-order valence-corrected chi connectivity index (χ3v) is 4.26. The monoisotopic (exact) mass is 327 g/mol. The minimum absolute atomic E-state index is 0. The molecule has 2 N–H and O–H groups in total. The number of nitrogens with zero attached hydrogens (tertiary/aromatic N) is 4. The van der Waals surface area contributed by atoms with Crippen molar-refractivity contribution in [2.75, 3.05) is 13.1 Å². The van der Waals surface area contributed by atoms with Gasteiger partial charge in [-0.25, -0.2) is 4.68 Å². The highest BCUT2D eigenvalue weighted by Gasteiger charge is 2.24. The first kappa shape index (κ1) is 15.9. The van der Waals surface area contributed by atoms with Gasteiger partial charge >= 0.3 is 0 Å². The molecule has 1 fully saturated rings. The van der Waals surface area contributed by atoms with Crippen molar-refractivity contribution in [1.29, 1.82) is 0 Å². The van der Waals surface area contributed by atoms with Gasteiger partial charge in [-0.15, -0.1) is 28.8 Å². The third-order valence-electron chi connectivity index (χ3n) is 3.40. The quantitative estimate of drug-likeness (QED) is 0.923. The number of likely N-dealkylation sites (tertiary alicyclic amines) is 1. The normalized spacial score (nSPS) is 18.3. The van der Waals surface area contributed by atoms with E-state index in [4.69, 9.17) is 5.73 Å². The molecule has 8 heteroatoms. The number of aromatic nitrogens is 3. The maximum absolute atomic E-state index is 12.3. The Bertz CT molecular complexity index is 585. The van der Waals surface area contributed by atoms with Crippen LogP contribution in [-0.4, -0.2) is 44.9 Å². The average Bonchev–Trinajstić information content (AvgIpc) is 3.10. The summed E-state index contributed by atoms with van der Waals surface area (Å²) in [6.07, 6.45) is 3.65. The van der Waals surface area contributed by atoms with E-state index in [9.17, 15) is 4.79 Å². The molecular weight excluding hydrogens is 310 g/mol. The lowest BCUT2D eigenvalue weighted by atomic mass is 10.1. The molecule has 0 aromatic carbocycles. The summed E-state index contributed by atoms with van der Waals surface area (Å²) in [7, 11) is 0. The lowest BCUT2D eigenvalue weighted by Crippen LogP contribution is -2.45. The van der Waals surface area contributed by atoms with E-state index in [0.29, 0.717) is 18.8 Å². The fourth-order valence-corrected chi connectivity index (χ4v) is 3.09. The van der Waals surface area contributed by atoms with Gasteiger partial charge in [0.25, 0.3) is 5.91 Å². The predicted molar refractivity (Wildman–Crippen MR) is 83.8 cm³/mol. The van der Waals surface area contributed by atoms with Crippen LogP contribution in [0.3, 0.4) is 0 Å². The summed E-state index contributed by atoms with van der Waals surface area (Å²) in [5.41, 5.74) is 6.30. The largest absolute Gasteiger partial charge is 0.336 e. The van der Waals surface area contributed by atoms with E-state index in [2.05, 4.69) is 10.3 Å². The SMILES string of the molecule is Cl.NC1CCCN(C(=O)c2cn(Cc3cccs3)nn2)C1. The Morgan fingerprint density at radius 1 is 1.52 bits per heavy atom. The molecule has 1 aliphatic rings. The Kier molecular flexibility index (Phi) is 5.33. The van der Waals surface area contributed by atoms with Crippen LogP contribution in [-0.2, 0) is 6.54 Å². The highest BCUT2D eigenvalue weighted by atomic mass is 35.5. The highest BCUT2D eigenvalue weighted by molar-refractivity contribution is 7.09. The Morgan fingerprint density at radius 2 is 2.38 bits per heavy atom. The summed E-state index contributed by atoms with van der Waals surface area (Å²) in [5, 5.41) is 10.0. The zero-order valence-electron chi connectivity index (χ0n) is 11.5. The Hall–Kier alpha value is -1.44. The van der Waals surface area contributed by atoms with Gasteiger partial charge in [-0.05, 0) is 24.3 Å². The topological polar surface area (TPSA) is 77.0 Å². The highest BCUT2D eigenvalue weighted by Crippen LogP contribution is 2.13. The average molecular weight is 328 g/mol. The zero-order valence-corrected chi connectivity index (χ0v) is 13.1. The van der Waals surface area contributed by atoms with Crippen molar-refractivity contribution in [2.24, 2.45) is 5.73 Å². The van der Waals surface area contributed by atoms with Gasteiger partial charge in [-0.3, -0.25) is 4.79 Å². The second-order valence-electron chi connectivity index (χ2n) is 5.03. The minimum atomic E-state index is -0.0717. The Balaban J connectivity index is 0.00000161. The standard InChI is InChI=1S/C13H17N5OS.ClH/c14-10-3-1-5-17(7-10)13(19)12-9-18(16-15-12)8-11-4-2-6-20-11;/h2,4,6,9-10H,1,3,5,7-8,14H2;1H. The summed E-state index contributed by atoms with van der Waals surface area (Å²) in [6.45, 7) is 2.01. The van der Waals surface area contributed by atoms with Crippen molar-refractivity contribution in [1.82, 2.24) is 19.9 Å². The van der Waals surface area contributed by atoms with Crippen LogP contribution in [0.5, 0.6) is 0 Å². The maximum atomic E-state index is 12.3. The van der Waals surface area contributed by atoms with Crippen LogP contribution >= 0.6 is 23.7 Å². The van der Waals surface area contributed by atoms with Crippen molar-refractivity contribution in [2.45, 2.75) is 25.4 Å². The number of rotatable bonds is 3. The molecule has 0 spiro atoms. The van der Waals surface area contributed by atoms with Gasteiger partial charge in [0.05, 0.1) is 12.7 Å². The minimum Gasteiger partial charge on any atom is -0.336 e. The van der Waals surface area contributed by atoms with Crippen molar-refractivity contribution in [3.8, 4) is 0 Å². The Morgan fingerprint density at radius 3 is 3.10 bits per heavy atom. The maximum Gasteiger partial charge on any atom is 0.276 e. The van der Waals surface area contributed by atoms with E-state index in [0.717, 1.165) is 19.4 Å². The molecule has 0 aliphatic carbocycles. The summed E-state index contributed by atoms with van der Waals surface area (Å²) >= 11 is 1.66. The summed E-state index contributed by atoms with van der Waals surface area (Å²) in [4.78, 5) is 15.3. The van der Waals surface area contributed by atoms with Crippen LogP contribution in [0.15, 0.2) is 23.7 Å². The van der Waals surface area contributed by atoms with Crippen molar-refractivity contribution < 1.29 is 4.79 Å². The van der Waals surface area contributed by atoms with Gasteiger partial charge in [0, 0.05) is 24.0 Å². The van der Waals surface area contributed by atoms with E-state index in [-0.39, 0.29) is 24.4 Å². The van der Waals surface area contributed by atoms with Gasteiger partial charge in [0.2, 0.25) is 0 Å². The second-order valence-corrected chi connectivity index (χ2v) is 6.07. The smallest absolute Gasteiger partial charge is 0.276 e. The molecule has 3 rings (SSSR count). The number of hydrogen-bond donors (Lipinski definition) is 1. The molecule has 1 amide bonds. The molecule has 1 saturated heterocycles. The lowest BCUT2D eigenvalue weighted by molar-refractivity contribution is 0.0702. The number of hydrogen-bond acceptors (Lipinski definition) is 5. The number of thiophene rings is 1. The van der Waals surface area contributed by atoms with Crippen molar-refractivity contribution >= 4 is 29.7 Å². The molecule has 0 bridgehead atoms. The fourth-order valence-electron chi connectivity index (χ4n) is 2.39. The summed E-state index contributed by atoms with van der Waals surface area (Å²) in [5.74, 6) is -0.0717. The predicted octanol–water partition coefficient (Wildman–Crippen LogP) is 1.37. The molecular formula is C13H18ClN5OS. The number of piperidine rings is 1. The molecule has 2 aromatic rings. The molecule has 21 heavy (non-hydrogen) atoms. The third kappa shape index (κ3) is 3.81. The fraction of sp³-hybridized carbons (Fsp3) is 0.462. The van der Waals surface area contributed by atoms with Crippen LogP contribution in [0.4, 0.5) is 0 Å². The molecule has 0 saturated carbocycles. The van der Waals surface area contributed by atoms with Crippen molar-refractivity contribution in [3.05, 3.63) is 34.3 Å². The van der Waals surface area contributed by atoms with Gasteiger partial charge in [-0.2, -0.15) is 0 Å². The number of carbonyl (C=O) groups excluding carboxylic acids is 1. The lowest BCUT2D eigenvalue weighted by Gasteiger charge is -2.30. The van der Waals surface area contributed by atoms with E-state index in [1.807, 2.05) is 17.5 Å². The van der Waals surface area contributed by atoms with E-state index >= 15 is 0 Å². The van der Waals surface area contributed by atoms with Gasteiger partial charge in [0.15, 0.2) is 5.69 Å². The molecule has 114 valence electrons. The molecule has 1 unspecified atom stereocenters. The second kappa shape index (κ2) is 7.02. The Labute approximate surface area is 133 Å². The molecule has 0 radical (unpaired) electrons. The molecule has 3 heterocycles. The van der Waals surface area contributed by atoms with Crippen LogP contribution in [0, 0.1) is 0 Å². The van der Waals surface area contributed by atoms with Gasteiger partial charge < -0.3 is 10.6 Å². The molecule has 2 aromatic heterocycles. The summed E-state index contributed by atoms with van der Waals surface area (Å²) in [6, 6.07) is 4.11. The van der Waals surface area contributed by atoms with E-state index in [1.165, 1.54) is 4.88 Å².